The normalized spacial score (nSPS) is 29.3. The molecule has 0 saturated heterocycles. The van der Waals surface area contributed by atoms with Crippen LogP contribution in [0, 0.1) is 11.3 Å². The molecular formula is C18H38N2O. The molecule has 3 heteroatoms. The smallest absolute Gasteiger partial charge is 0.0590 e. The number of nitrogens with zero attached hydrogens (tertiary/aromatic N) is 1. The van der Waals surface area contributed by atoms with Gasteiger partial charge in [0.25, 0.3) is 0 Å². The molecule has 1 saturated carbocycles. The topological polar surface area (TPSA) is 38.5 Å². The predicted octanol–water partition coefficient (Wildman–Crippen LogP) is 3.67. The van der Waals surface area contributed by atoms with E-state index in [2.05, 4.69) is 39.5 Å². The van der Waals surface area contributed by atoms with Gasteiger partial charge in [0, 0.05) is 31.8 Å². The fourth-order valence-electron chi connectivity index (χ4n) is 4.46. The van der Waals surface area contributed by atoms with Crippen molar-refractivity contribution in [3.8, 4) is 0 Å². The third-order valence-corrected chi connectivity index (χ3v) is 5.86. The molecule has 1 aliphatic carbocycles. The van der Waals surface area contributed by atoms with E-state index in [1.165, 1.54) is 32.1 Å². The van der Waals surface area contributed by atoms with Gasteiger partial charge >= 0.3 is 0 Å². The van der Waals surface area contributed by atoms with Crippen molar-refractivity contribution in [1.29, 1.82) is 0 Å². The second-order valence-corrected chi connectivity index (χ2v) is 7.73. The van der Waals surface area contributed by atoms with E-state index in [0.717, 1.165) is 19.7 Å². The predicted molar refractivity (Wildman–Crippen MR) is 91.5 cm³/mol. The van der Waals surface area contributed by atoms with Crippen molar-refractivity contribution in [3.05, 3.63) is 0 Å². The van der Waals surface area contributed by atoms with Crippen molar-refractivity contribution in [2.75, 3.05) is 26.8 Å². The Morgan fingerprint density at radius 2 is 1.86 bits per heavy atom. The fourth-order valence-corrected chi connectivity index (χ4v) is 4.46. The lowest BCUT2D eigenvalue weighted by Crippen LogP contribution is -2.64. The standard InChI is InChI=1S/C18H38N2O/c1-7-16(8-2)20(11-12-21-6)18(14-19)10-9-17(4,5)13-15(18)3/h15-16H,7-14,19H2,1-6H3. The molecule has 21 heavy (non-hydrogen) atoms. The van der Waals surface area contributed by atoms with Crippen LogP contribution in [0.4, 0.5) is 0 Å². The molecule has 2 atom stereocenters. The summed E-state index contributed by atoms with van der Waals surface area (Å²) >= 11 is 0. The SMILES string of the molecule is CCC(CC)N(CCOC)C1(CN)CCC(C)(C)CC1C. The summed E-state index contributed by atoms with van der Waals surface area (Å²) in [6.45, 7) is 14.4. The number of ether oxygens (including phenoxy) is 1. The minimum absolute atomic E-state index is 0.157. The van der Waals surface area contributed by atoms with E-state index < -0.39 is 0 Å². The molecule has 126 valence electrons. The minimum Gasteiger partial charge on any atom is -0.383 e. The molecule has 0 radical (unpaired) electrons. The first-order chi connectivity index (χ1) is 9.86. The molecule has 2 unspecified atom stereocenters. The summed E-state index contributed by atoms with van der Waals surface area (Å²) in [6, 6.07) is 0.618. The molecule has 3 nitrogen and oxygen atoms in total. The molecule has 0 aromatic carbocycles. The monoisotopic (exact) mass is 298 g/mol. The molecule has 0 aliphatic heterocycles. The Morgan fingerprint density at radius 1 is 1.24 bits per heavy atom. The maximum Gasteiger partial charge on any atom is 0.0590 e. The number of nitrogens with two attached hydrogens (primary N) is 1. The van der Waals surface area contributed by atoms with Gasteiger partial charge in [-0.05, 0) is 43.4 Å². The van der Waals surface area contributed by atoms with E-state index in [9.17, 15) is 0 Å². The van der Waals surface area contributed by atoms with Crippen LogP contribution >= 0.6 is 0 Å². The van der Waals surface area contributed by atoms with Crippen LogP contribution in [0.25, 0.3) is 0 Å². The Hall–Kier alpha value is -0.120. The molecule has 1 aliphatic rings. The van der Waals surface area contributed by atoms with E-state index in [4.69, 9.17) is 10.5 Å². The average Bonchev–Trinajstić information content (AvgIpc) is 2.44. The Kier molecular flexibility index (Phi) is 7.15. The van der Waals surface area contributed by atoms with Crippen molar-refractivity contribution in [1.82, 2.24) is 4.90 Å². The lowest BCUT2D eigenvalue weighted by molar-refractivity contribution is -0.0576. The van der Waals surface area contributed by atoms with Crippen molar-refractivity contribution in [2.24, 2.45) is 17.1 Å². The van der Waals surface area contributed by atoms with Gasteiger partial charge in [0.1, 0.15) is 0 Å². The molecular weight excluding hydrogens is 260 g/mol. The molecule has 0 aromatic heterocycles. The maximum absolute atomic E-state index is 6.35. The summed E-state index contributed by atoms with van der Waals surface area (Å²) in [7, 11) is 1.80. The highest BCUT2D eigenvalue weighted by Crippen LogP contribution is 2.47. The third-order valence-electron chi connectivity index (χ3n) is 5.86. The molecule has 2 N–H and O–H groups in total. The third kappa shape index (κ3) is 4.20. The number of hydrogen-bond acceptors (Lipinski definition) is 3. The Morgan fingerprint density at radius 3 is 2.29 bits per heavy atom. The average molecular weight is 299 g/mol. The van der Waals surface area contributed by atoms with Crippen LogP contribution in [0.1, 0.15) is 66.7 Å². The summed E-state index contributed by atoms with van der Waals surface area (Å²) in [5.74, 6) is 0.642. The van der Waals surface area contributed by atoms with Gasteiger partial charge < -0.3 is 10.5 Å². The highest BCUT2D eigenvalue weighted by Gasteiger charge is 2.47. The lowest BCUT2D eigenvalue weighted by Gasteiger charge is -2.56. The van der Waals surface area contributed by atoms with Gasteiger partial charge in [-0.3, -0.25) is 4.90 Å². The van der Waals surface area contributed by atoms with E-state index in [1.54, 1.807) is 7.11 Å². The van der Waals surface area contributed by atoms with Gasteiger partial charge in [-0.1, -0.05) is 34.6 Å². The Bertz CT molecular complexity index is 302. The van der Waals surface area contributed by atoms with Crippen LogP contribution in [-0.4, -0.2) is 43.3 Å². The van der Waals surface area contributed by atoms with Gasteiger partial charge in [-0.2, -0.15) is 0 Å². The molecule has 0 amide bonds. The van der Waals surface area contributed by atoms with Crippen LogP contribution in [-0.2, 0) is 4.74 Å². The van der Waals surface area contributed by atoms with Crippen LogP contribution in [0.3, 0.4) is 0 Å². The second-order valence-electron chi connectivity index (χ2n) is 7.73. The van der Waals surface area contributed by atoms with Gasteiger partial charge in [0.15, 0.2) is 0 Å². The van der Waals surface area contributed by atoms with Gasteiger partial charge in [-0.15, -0.1) is 0 Å². The van der Waals surface area contributed by atoms with Gasteiger partial charge in [-0.25, -0.2) is 0 Å². The first-order valence-electron chi connectivity index (χ1n) is 8.82. The van der Waals surface area contributed by atoms with E-state index in [0.29, 0.717) is 17.4 Å². The first kappa shape index (κ1) is 18.9. The highest BCUT2D eigenvalue weighted by atomic mass is 16.5. The number of methoxy groups -OCH3 is 1. The number of hydrogen-bond donors (Lipinski definition) is 1. The molecule has 1 fully saturated rings. The van der Waals surface area contributed by atoms with Crippen LogP contribution in [0.15, 0.2) is 0 Å². The summed E-state index contributed by atoms with van der Waals surface area (Å²) in [4.78, 5) is 2.70. The molecule has 0 bridgehead atoms. The Balaban J connectivity index is 3.04. The van der Waals surface area contributed by atoms with Crippen LogP contribution in [0.2, 0.25) is 0 Å². The van der Waals surface area contributed by atoms with E-state index in [1.807, 2.05) is 0 Å². The summed E-state index contributed by atoms with van der Waals surface area (Å²) in [5.41, 5.74) is 6.97. The molecule has 1 rings (SSSR count). The quantitative estimate of drug-likeness (QED) is 0.743. The maximum atomic E-state index is 6.35. The Labute approximate surface area is 132 Å². The minimum atomic E-state index is 0.157. The zero-order chi connectivity index (χ0) is 16.1. The second kappa shape index (κ2) is 7.94. The van der Waals surface area contributed by atoms with Crippen molar-refractivity contribution in [2.45, 2.75) is 78.3 Å². The first-order valence-corrected chi connectivity index (χ1v) is 8.82. The van der Waals surface area contributed by atoms with E-state index >= 15 is 0 Å². The van der Waals surface area contributed by atoms with Crippen LogP contribution < -0.4 is 5.73 Å². The fraction of sp³-hybridized carbons (Fsp3) is 1.00. The summed E-state index contributed by atoms with van der Waals surface area (Å²) in [6.07, 6.45) is 6.15. The lowest BCUT2D eigenvalue weighted by atomic mass is 9.62. The van der Waals surface area contributed by atoms with Crippen molar-refractivity contribution in [3.63, 3.8) is 0 Å². The zero-order valence-electron chi connectivity index (χ0n) is 15.2. The largest absolute Gasteiger partial charge is 0.383 e. The highest BCUT2D eigenvalue weighted by molar-refractivity contribution is 5.03. The summed E-state index contributed by atoms with van der Waals surface area (Å²) in [5, 5.41) is 0. The molecule has 0 spiro atoms. The number of rotatable bonds is 8. The van der Waals surface area contributed by atoms with Crippen molar-refractivity contribution >= 4 is 0 Å². The van der Waals surface area contributed by atoms with E-state index in [-0.39, 0.29) is 5.54 Å². The van der Waals surface area contributed by atoms with Crippen molar-refractivity contribution < 1.29 is 4.74 Å². The molecule has 0 heterocycles. The van der Waals surface area contributed by atoms with Gasteiger partial charge in [0.05, 0.1) is 6.61 Å². The molecule has 0 aromatic rings. The van der Waals surface area contributed by atoms with Gasteiger partial charge in [0.2, 0.25) is 0 Å². The zero-order valence-corrected chi connectivity index (χ0v) is 15.2. The van der Waals surface area contributed by atoms with Crippen LogP contribution in [0.5, 0.6) is 0 Å². The summed E-state index contributed by atoms with van der Waals surface area (Å²) < 4.78 is 5.39.